The summed E-state index contributed by atoms with van der Waals surface area (Å²) in [7, 11) is -2.92. The van der Waals surface area contributed by atoms with Gasteiger partial charge in [-0.15, -0.1) is 0 Å². The first kappa shape index (κ1) is 30.2. The smallest absolute Gasteiger partial charge is 0.545 e. The van der Waals surface area contributed by atoms with E-state index in [9.17, 15) is 23.1 Å². The second kappa shape index (κ2) is 12.4. The number of benzene rings is 3. The molecule has 16 heteroatoms. The zero-order chi connectivity index (χ0) is 28.4. The Kier molecular flexibility index (Phi) is 9.16. The third-order valence-electron chi connectivity index (χ3n) is 5.60. The predicted octanol–water partition coefficient (Wildman–Crippen LogP) is -2.02. The van der Waals surface area contributed by atoms with Crippen LogP contribution in [0.4, 0.5) is 0 Å². The van der Waals surface area contributed by atoms with Crippen LogP contribution in [-0.4, -0.2) is 58.5 Å². The minimum absolute atomic E-state index is 0. The van der Waals surface area contributed by atoms with E-state index in [4.69, 9.17) is 9.29 Å². The van der Waals surface area contributed by atoms with Crippen molar-refractivity contribution in [1.82, 2.24) is 25.3 Å². The Morgan fingerprint density at radius 2 is 1.83 bits per heavy atom. The van der Waals surface area contributed by atoms with E-state index in [1.807, 2.05) is 24.3 Å². The number of methoxy groups -OCH3 is 1. The van der Waals surface area contributed by atoms with Crippen LogP contribution in [0.3, 0.4) is 0 Å². The van der Waals surface area contributed by atoms with E-state index < -0.39 is 22.0 Å². The predicted molar refractivity (Wildman–Crippen MR) is 141 cm³/mol. The molecule has 1 amide bonds. The molecule has 0 atom stereocenters. The molecule has 3 aromatic carbocycles. The Morgan fingerprint density at radius 1 is 1.12 bits per heavy atom. The first-order valence-corrected chi connectivity index (χ1v) is 13.8. The zero-order valence-corrected chi connectivity index (χ0v) is 25.2. The van der Waals surface area contributed by atoms with Gasteiger partial charge in [-0.05, 0) is 63.2 Å². The Morgan fingerprint density at radius 3 is 2.49 bits per heavy atom. The first-order chi connectivity index (χ1) is 19.1. The summed E-state index contributed by atoms with van der Waals surface area (Å²) < 4.78 is 36.8. The zero-order valence-electron chi connectivity index (χ0n) is 21.6. The molecule has 0 unspecified atom stereocenters. The molecule has 41 heavy (non-hydrogen) atoms. The van der Waals surface area contributed by atoms with E-state index in [1.54, 1.807) is 12.1 Å². The maximum absolute atomic E-state index is 12.3. The second-order valence-corrected chi connectivity index (χ2v) is 10.6. The average Bonchev–Trinajstić information content (AvgIpc) is 3.56. The number of fused-ring (bicyclic) bond motifs is 1. The van der Waals surface area contributed by atoms with Crippen LogP contribution in [0.15, 0.2) is 66.7 Å². The van der Waals surface area contributed by atoms with E-state index in [2.05, 4.69) is 20.5 Å². The molecule has 2 N–H and O–H groups in total. The molecule has 13 nitrogen and oxygen atoms in total. The monoisotopic (exact) mass is 602 g/mol. The Hall–Kier alpha value is -3.73. The molecule has 0 fully saturated rings. The summed E-state index contributed by atoms with van der Waals surface area (Å²) in [5, 5.41) is 23.5. The van der Waals surface area contributed by atoms with Gasteiger partial charge in [0, 0.05) is 21.8 Å². The number of carbonyl (C=O) groups is 2. The van der Waals surface area contributed by atoms with Crippen molar-refractivity contribution in [2.75, 3.05) is 13.7 Å². The van der Waals surface area contributed by atoms with E-state index in [0.717, 1.165) is 10.2 Å². The molecule has 0 saturated heterocycles. The summed E-state index contributed by atoms with van der Waals surface area (Å²) in [4.78, 5) is 31.3. The van der Waals surface area contributed by atoms with Crippen LogP contribution in [0.1, 0.15) is 20.7 Å². The van der Waals surface area contributed by atoms with Crippen molar-refractivity contribution < 1.29 is 66.8 Å². The Balaban J connectivity index is 0.00000387. The molecule has 5 rings (SSSR count). The number of aromatic carboxylic acids is 1. The van der Waals surface area contributed by atoms with Crippen molar-refractivity contribution in [3.05, 3.63) is 83.6 Å². The number of para-hydroxylation sites is 1. The van der Waals surface area contributed by atoms with Gasteiger partial charge in [0.05, 0.1) is 17.8 Å². The van der Waals surface area contributed by atoms with E-state index in [0.29, 0.717) is 22.1 Å². The van der Waals surface area contributed by atoms with Crippen molar-refractivity contribution in [1.29, 1.82) is 0 Å². The maximum atomic E-state index is 12.3. The fourth-order valence-corrected chi connectivity index (χ4v) is 4.91. The minimum Gasteiger partial charge on any atom is -0.545 e. The standard InChI is InChI=1S/C25H20N6O7S2.Na/c1-38-20-14-17(24(33)34)10-11-19(20)30-28-22(29-31(30)25-27-18-4-2-3-5-21(18)39-25)15-6-8-16(9-7-15)23(32)26-12-13-40(35,36)37;/h2-11,13-14H,12H2,1H3,(H,26,32)(H,33,34)(H,35,36,37);/q;+1/p-1. The number of nitrogens with zero attached hydrogens (tertiary/aromatic N) is 5. The summed E-state index contributed by atoms with van der Waals surface area (Å²) >= 11 is 1.37. The summed E-state index contributed by atoms with van der Waals surface area (Å²) in [6, 6.07) is 18.0. The number of carbonyl (C=O) groups excluding carboxylic acids is 2. The molecule has 0 radical (unpaired) electrons. The summed E-state index contributed by atoms with van der Waals surface area (Å²) in [6.07, 6.45) is 0. The number of hydrogen-bond donors (Lipinski definition) is 2. The average molecular weight is 603 g/mol. The number of aromatic nitrogens is 5. The van der Waals surface area contributed by atoms with Gasteiger partial charge in [-0.25, -0.2) is 8.42 Å². The summed E-state index contributed by atoms with van der Waals surface area (Å²) in [5.74, 6) is -0.862. The van der Waals surface area contributed by atoms with Crippen LogP contribution < -0.4 is 49.5 Å². The van der Waals surface area contributed by atoms with Gasteiger partial charge < -0.3 is 24.5 Å². The van der Waals surface area contributed by atoms with Gasteiger partial charge in [0.25, 0.3) is 5.82 Å². The third kappa shape index (κ3) is 6.78. The number of thiazole rings is 1. The van der Waals surface area contributed by atoms with Crippen LogP contribution in [0, 0.1) is 5.75 Å². The first-order valence-electron chi connectivity index (χ1n) is 11.5. The topological polar surface area (TPSA) is 180 Å². The van der Waals surface area contributed by atoms with Crippen LogP contribution in [-0.2, 0) is 10.1 Å². The number of carboxylic acids is 1. The van der Waals surface area contributed by atoms with Gasteiger partial charge >= 0.3 is 34.7 Å². The second-order valence-electron chi connectivity index (χ2n) is 8.21. The van der Waals surface area contributed by atoms with Gasteiger partial charge in [0.2, 0.25) is 5.91 Å². The number of hydrogen-bond acceptors (Lipinski definition) is 10. The van der Waals surface area contributed by atoms with Crippen LogP contribution in [0.2, 0.25) is 0 Å². The van der Waals surface area contributed by atoms with E-state index in [1.165, 1.54) is 58.4 Å². The molecule has 0 bridgehead atoms. The number of carboxylic acid groups (broad SMARTS) is 1. The van der Waals surface area contributed by atoms with Gasteiger partial charge in [-0.2, -0.15) is 5.75 Å². The number of ether oxygens (including phenoxy) is 1. The maximum Gasteiger partial charge on any atom is 1.00 e. The minimum atomic E-state index is -4.32. The van der Waals surface area contributed by atoms with Gasteiger partial charge in [-0.3, -0.25) is 4.79 Å². The van der Waals surface area contributed by atoms with Crippen molar-refractivity contribution >= 4 is 43.5 Å². The van der Waals surface area contributed by atoms with Gasteiger partial charge in [-0.1, -0.05) is 41.1 Å². The molecule has 0 saturated carbocycles. The molecule has 0 aliphatic carbocycles. The summed E-state index contributed by atoms with van der Waals surface area (Å²) in [5.41, 5.74) is 1.85. The van der Waals surface area contributed by atoms with Crippen LogP contribution in [0.25, 0.3) is 32.4 Å². The number of amides is 1. The van der Waals surface area contributed by atoms with Crippen LogP contribution >= 0.6 is 11.3 Å². The molecule has 0 aliphatic heterocycles. The Bertz CT molecular complexity index is 1820. The van der Waals surface area contributed by atoms with Gasteiger partial charge in [0.15, 0.2) is 11.2 Å². The van der Waals surface area contributed by atoms with E-state index >= 15 is 0 Å². The normalized spacial score (nSPS) is 11.2. The third-order valence-corrected chi connectivity index (χ3v) is 7.19. The van der Waals surface area contributed by atoms with Crippen molar-refractivity contribution in [2.24, 2.45) is 0 Å². The largest absolute Gasteiger partial charge is 1.00 e. The molecule has 0 spiro atoms. The molecular formula is C25H19N6NaO7S2. The van der Waals surface area contributed by atoms with Gasteiger partial charge in [0.1, 0.15) is 15.9 Å². The van der Waals surface area contributed by atoms with E-state index in [-0.39, 0.29) is 58.8 Å². The molecule has 204 valence electrons. The van der Waals surface area contributed by atoms with Crippen molar-refractivity contribution in [2.45, 2.75) is 0 Å². The SMILES string of the molecule is COc1cc(C(=O)[O-])ccc1-n1nc(-c2ccc(C(=O)NC[CH-]S(=O)(=O)O)cc2)n[n+]1-c1nc2ccccc2s1.[Na+]. The quantitative estimate of drug-likeness (QED) is 0.0827. The molecule has 5 aromatic rings. The van der Waals surface area contributed by atoms with Crippen LogP contribution in [0.5, 0.6) is 5.75 Å². The molecular weight excluding hydrogens is 583 g/mol. The number of rotatable bonds is 9. The fraction of sp³-hybridized carbons (Fsp3) is 0.0800. The van der Waals surface area contributed by atoms with Crippen molar-refractivity contribution in [3.8, 4) is 28.0 Å². The number of nitrogens with one attached hydrogen (secondary N) is 1. The number of tetrazole rings is 1. The molecule has 2 aromatic heterocycles. The van der Waals surface area contributed by atoms with Crippen molar-refractivity contribution in [3.63, 3.8) is 0 Å². The summed E-state index contributed by atoms with van der Waals surface area (Å²) in [6.45, 7) is -0.369. The Labute approximate surface area is 259 Å². The fourth-order valence-electron chi connectivity index (χ4n) is 3.71. The molecule has 0 aliphatic rings. The molecule has 2 heterocycles.